The average Bonchev–Trinajstić information content (AvgIpc) is 3.02. The van der Waals surface area contributed by atoms with Gasteiger partial charge in [0.15, 0.2) is 5.84 Å². The molecule has 4 rings (SSSR count). The van der Waals surface area contributed by atoms with Crippen molar-refractivity contribution in [1.29, 1.82) is 0 Å². The lowest BCUT2D eigenvalue weighted by atomic mass is 10.1. The number of hydrogen-bond donors (Lipinski definition) is 1. The number of amides is 1. The number of nitrogens with zero attached hydrogens (tertiary/aromatic N) is 2. The zero-order valence-electron chi connectivity index (χ0n) is 16.2. The number of ether oxygens (including phenoxy) is 1. The molecule has 0 saturated carbocycles. The summed E-state index contributed by atoms with van der Waals surface area (Å²) in [5.41, 5.74) is 2.48. The summed E-state index contributed by atoms with van der Waals surface area (Å²) in [5, 5.41) is 1.47. The molecule has 1 aliphatic heterocycles. The van der Waals surface area contributed by atoms with Gasteiger partial charge in [0.1, 0.15) is 4.90 Å². The predicted molar refractivity (Wildman–Crippen MR) is 113 cm³/mol. The van der Waals surface area contributed by atoms with Gasteiger partial charge in [-0.15, -0.1) is 8.81 Å². The van der Waals surface area contributed by atoms with Gasteiger partial charge in [-0.2, -0.15) is 16.8 Å². The van der Waals surface area contributed by atoms with E-state index in [1.165, 1.54) is 37.3 Å². The van der Waals surface area contributed by atoms with E-state index in [0.29, 0.717) is 5.39 Å². The topological polar surface area (TPSA) is 122 Å². The summed E-state index contributed by atoms with van der Waals surface area (Å²) < 4.78 is 60.0. The van der Waals surface area contributed by atoms with Crippen molar-refractivity contribution >= 4 is 42.7 Å². The Morgan fingerprint density at radius 1 is 1.03 bits per heavy atom. The number of fused-ring (bicyclic) bond motifs is 2. The maximum Gasteiger partial charge on any atom is 0.443 e. The molecule has 0 bridgehead atoms. The van der Waals surface area contributed by atoms with E-state index < -0.39 is 26.1 Å². The molecule has 0 unspecified atom stereocenters. The summed E-state index contributed by atoms with van der Waals surface area (Å²) in [6.45, 7) is 1.43. The molecule has 3 aromatic rings. The Kier molecular flexibility index (Phi) is 5.15. The molecular weight excluding hydrogens is 442 g/mol. The van der Waals surface area contributed by atoms with Gasteiger partial charge in [-0.05, 0) is 42.0 Å². The lowest BCUT2D eigenvalue weighted by molar-refractivity contribution is 0.125. The minimum Gasteiger partial charge on any atom is -0.448 e. The monoisotopic (exact) mass is 459 g/mol. The van der Waals surface area contributed by atoms with Gasteiger partial charge < -0.3 is 4.74 Å². The fraction of sp³-hybridized carbons (Fsp3) is 0.100. The van der Waals surface area contributed by atoms with Crippen molar-refractivity contribution < 1.29 is 26.4 Å². The Morgan fingerprint density at radius 3 is 2.45 bits per heavy atom. The van der Waals surface area contributed by atoms with Crippen LogP contribution in [0.25, 0.3) is 10.8 Å². The van der Waals surface area contributed by atoms with Crippen molar-refractivity contribution in [2.75, 3.05) is 6.61 Å². The lowest BCUT2D eigenvalue weighted by Crippen LogP contribution is -2.49. The number of nitrogens with one attached hydrogen (secondary N) is 1. The lowest BCUT2D eigenvalue weighted by Gasteiger charge is -2.23. The molecule has 0 radical (unpaired) electrons. The van der Waals surface area contributed by atoms with Crippen LogP contribution < -0.4 is 5.43 Å². The SMILES string of the molecule is CCOC(=O)N(NC1=NS(=O)(=O)c2ccccc21)S(=O)(=O)c1ccc2ccccc2c1. The van der Waals surface area contributed by atoms with E-state index in [1.54, 1.807) is 24.3 Å². The zero-order valence-corrected chi connectivity index (χ0v) is 17.9. The summed E-state index contributed by atoms with van der Waals surface area (Å²) in [5.74, 6) is -0.298. The highest BCUT2D eigenvalue weighted by molar-refractivity contribution is 7.91. The summed E-state index contributed by atoms with van der Waals surface area (Å²) in [6, 6.07) is 17.4. The van der Waals surface area contributed by atoms with Crippen LogP contribution in [0.1, 0.15) is 12.5 Å². The fourth-order valence-electron chi connectivity index (χ4n) is 3.10. The summed E-state index contributed by atoms with van der Waals surface area (Å²) in [7, 11) is -8.49. The maximum atomic E-state index is 13.3. The van der Waals surface area contributed by atoms with Gasteiger partial charge in [0, 0.05) is 5.56 Å². The first-order chi connectivity index (χ1) is 14.7. The number of carbonyl (C=O) groups is 1. The predicted octanol–water partition coefficient (Wildman–Crippen LogP) is 2.64. The Hall–Kier alpha value is -3.44. The molecule has 160 valence electrons. The number of carbonyl (C=O) groups excluding carboxylic acids is 1. The van der Waals surface area contributed by atoms with Crippen LogP contribution in [0, 0.1) is 0 Å². The molecule has 31 heavy (non-hydrogen) atoms. The molecule has 0 aromatic heterocycles. The number of hydrazine groups is 1. The van der Waals surface area contributed by atoms with Crippen molar-refractivity contribution in [3.8, 4) is 0 Å². The fourth-order valence-corrected chi connectivity index (χ4v) is 5.46. The van der Waals surface area contributed by atoms with Gasteiger partial charge in [0.2, 0.25) is 0 Å². The third-order valence-corrected chi connectivity index (χ3v) is 7.44. The van der Waals surface area contributed by atoms with Gasteiger partial charge in [-0.3, -0.25) is 5.43 Å². The highest BCUT2D eigenvalue weighted by Crippen LogP contribution is 2.26. The molecule has 1 amide bonds. The average molecular weight is 460 g/mol. The van der Waals surface area contributed by atoms with Crippen molar-refractivity contribution in [3.05, 3.63) is 72.3 Å². The highest BCUT2D eigenvalue weighted by atomic mass is 32.2. The van der Waals surface area contributed by atoms with E-state index in [0.717, 1.165) is 5.39 Å². The second kappa shape index (κ2) is 7.67. The van der Waals surface area contributed by atoms with E-state index in [1.807, 2.05) is 12.1 Å². The van der Waals surface area contributed by atoms with Crippen LogP contribution >= 0.6 is 0 Å². The first-order valence-corrected chi connectivity index (χ1v) is 12.0. The number of amidine groups is 1. The van der Waals surface area contributed by atoms with Gasteiger partial charge >= 0.3 is 6.09 Å². The van der Waals surface area contributed by atoms with E-state index in [-0.39, 0.29) is 32.2 Å². The molecule has 0 saturated heterocycles. The minimum absolute atomic E-state index is 0.0917. The van der Waals surface area contributed by atoms with Crippen molar-refractivity contribution in [3.63, 3.8) is 0 Å². The molecule has 11 heteroatoms. The van der Waals surface area contributed by atoms with Crippen LogP contribution in [-0.2, 0) is 24.8 Å². The first kappa shape index (κ1) is 20.8. The molecule has 0 fully saturated rings. The number of sulfonamides is 2. The molecule has 1 aliphatic rings. The highest BCUT2D eigenvalue weighted by Gasteiger charge is 2.36. The molecule has 1 N–H and O–H groups in total. The zero-order chi connectivity index (χ0) is 22.2. The van der Waals surface area contributed by atoms with Gasteiger partial charge in [0.25, 0.3) is 20.0 Å². The van der Waals surface area contributed by atoms with E-state index >= 15 is 0 Å². The summed E-state index contributed by atoms with van der Waals surface area (Å²) >= 11 is 0. The maximum absolute atomic E-state index is 13.3. The first-order valence-electron chi connectivity index (χ1n) is 9.16. The third-order valence-electron chi connectivity index (χ3n) is 4.53. The third kappa shape index (κ3) is 3.73. The van der Waals surface area contributed by atoms with Crippen LogP contribution in [0.15, 0.2) is 80.9 Å². The molecule has 3 aromatic carbocycles. The Bertz CT molecular complexity index is 1430. The Labute approximate surface area is 179 Å². The van der Waals surface area contributed by atoms with Crippen LogP contribution in [0.3, 0.4) is 0 Å². The van der Waals surface area contributed by atoms with E-state index in [9.17, 15) is 21.6 Å². The van der Waals surface area contributed by atoms with E-state index in [2.05, 4.69) is 9.82 Å². The molecule has 0 atom stereocenters. The molecular formula is C20H17N3O6S2. The molecule has 0 spiro atoms. The molecule has 9 nitrogen and oxygen atoms in total. The summed E-state index contributed by atoms with van der Waals surface area (Å²) in [4.78, 5) is 12.3. The van der Waals surface area contributed by atoms with Crippen LogP contribution in [0.5, 0.6) is 0 Å². The second-order valence-corrected chi connectivity index (χ2v) is 9.86. The van der Waals surface area contributed by atoms with Crippen molar-refractivity contribution in [2.24, 2.45) is 4.40 Å². The normalized spacial score (nSPS) is 14.5. The van der Waals surface area contributed by atoms with Gasteiger partial charge in [-0.25, -0.2) is 4.79 Å². The van der Waals surface area contributed by atoms with E-state index in [4.69, 9.17) is 4.74 Å². The Morgan fingerprint density at radius 2 is 1.71 bits per heavy atom. The Balaban J connectivity index is 1.79. The smallest absolute Gasteiger partial charge is 0.443 e. The van der Waals surface area contributed by atoms with Gasteiger partial charge in [-0.1, -0.05) is 42.5 Å². The molecule has 0 aliphatic carbocycles. The number of rotatable bonds is 3. The standard InChI is InChI=1S/C20H17N3O6S2/c1-2-29-20(24)23(21-19-17-9-5-6-10-18(17)30(25,26)22-19)31(27,28)16-12-11-14-7-3-4-8-15(14)13-16/h3-13H,2H2,1H3,(H,21,22). The van der Waals surface area contributed by atoms with Crippen molar-refractivity contribution in [2.45, 2.75) is 16.7 Å². The number of benzene rings is 3. The summed E-state index contributed by atoms with van der Waals surface area (Å²) in [6.07, 6.45) is -1.22. The van der Waals surface area contributed by atoms with Crippen molar-refractivity contribution in [1.82, 2.24) is 9.84 Å². The minimum atomic E-state index is -4.47. The van der Waals surface area contributed by atoms with Crippen LogP contribution in [-0.4, -0.2) is 39.8 Å². The second-order valence-electron chi connectivity index (χ2n) is 6.50. The number of hydrogen-bond acceptors (Lipinski definition) is 7. The molecule has 1 heterocycles. The largest absolute Gasteiger partial charge is 0.448 e. The van der Waals surface area contributed by atoms with Gasteiger partial charge in [0.05, 0.1) is 11.5 Å². The quantitative estimate of drug-likeness (QED) is 0.598. The van der Waals surface area contributed by atoms with Crippen LogP contribution in [0.2, 0.25) is 0 Å². The van der Waals surface area contributed by atoms with Crippen LogP contribution in [0.4, 0.5) is 4.79 Å².